The maximum absolute atomic E-state index is 10.8. The molecule has 19 heavy (non-hydrogen) atoms. The maximum atomic E-state index is 10.8. The third kappa shape index (κ3) is 2.55. The van der Waals surface area contributed by atoms with Gasteiger partial charge in [0.25, 0.3) is 11.4 Å². The Bertz CT molecular complexity index is 570. The largest absolute Gasteiger partial charge is 0.497 e. The van der Waals surface area contributed by atoms with Gasteiger partial charge < -0.3 is 10.2 Å². The van der Waals surface area contributed by atoms with Crippen LogP contribution in [0, 0.1) is 30.3 Å². The molecule has 0 aliphatic carbocycles. The molecule has 0 aliphatic heterocycles. The molecule has 0 aromatic heterocycles. The number of hydrogen-bond donors (Lipinski definition) is 2. The zero-order chi connectivity index (χ0) is 14.7. The molecule has 0 saturated heterocycles. The van der Waals surface area contributed by atoms with Crippen LogP contribution in [0.25, 0.3) is 0 Å². The molecule has 0 bridgehead atoms. The molecule has 11 heteroatoms. The monoisotopic (exact) mass is 273 g/mol. The van der Waals surface area contributed by atoms with Gasteiger partial charge in [0.1, 0.15) is 5.56 Å². The Labute approximate surface area is 104 Å². The molecule has 0 unspecified atom stereocenters. The second-order valence-electron chi connectivity index (χ2n) is 3.34. The summed E-state index contributed by atoms with van der Waals surface area (Å²) >= 11 is 0. The van der Waals surface area contributed by atoms with E-state index in [9.17, 15) is 35.4 Å². The van der Waals surface area contributed by atoms with Gasteiger partial charge in [-0.2, -0.15) is 0 Å². The van der Waals surface area contributed by atoms with Gasteiger partial charge in [-0.3, -0.25) is 30.3 Å². The Hall–Kier alpha value is -2.82. The van der Waals surface area contributed by atoms with Crippen LogP contribution in [0.1, 0.15) is 5.56 Å². The summed E-state index contributed by atoms with van der Waals surface area (Å²) in [4.78, 5) is 28.7. The molecule has 0 saturated carbocycles. The van der Waals surface area contributed by atoms with Gasteiger partial charge in [-0.1, -0.05) is 0 Å². The molecule has 0 spiro atoms. The highest BCUT2D eigenvalue weighted by Crippen LogP contribution is 2.43. The number of nitro benzene ring substituents is 3. The third-order valence-electron chi connectivity index (χ3n) is 2.27. The summed E-state index contributed by atoms with van der Waals surface area (Å²) in [5, 5.41) is 50.3. The second-order valence-corrected chi connectivity index (χ2v) is 3.34. The first-order chi connectivity index (χ1) is 8.81. The van der Waals surface area contributed by atoms with E-state index >= 15 is 0 Å². The van der Waals surface area contributed by atoms with Crippen LogP contribution in [0.4, 0.5) is 17.1 Å². The van der Waals surface area contributed by atoms with E-state index in [1.807, 2.05) is 0 Å². The lowest BCUT2D eigenvalue weighted by molar-refractivity contribution is -0.405. The molecule has 1 aromatic rings. The summed E-state index contributed by atoms with van der Waals surface area (Å²) in [5.74, 6) is -1.27. The van der Waals surface area contributed by atoms with Crippen molar-refractivity contribution >= 4 is 17.1 Å². The van der Waals surface area contributed by atoms with E-state index in [-0.39, 0.29) is 0 Å². The van der Waals surface area contributed by atoms with Crippen LogP contribution in [0.2, 0.25) is 0 Å². The summed E-state index contributed by atoms with van der Waals surface area (Å²) in [6.07, 6.45) is -0.488. The summed E-state index contributed by atoms with van der Waals surface area (Å²) in [7, 11) is 0. The highest BCUT2D eigenvalue weighted by atomic mass is 16.6. The van der Waals surface area contributed by atoms with Crippen LogP contribution in [0.15, 0.2) is 6.07 Å². The Kier molecular flexibility index (Phi) is 3.91. The lowest BCUT2D eigenvalue weighted by Crippen LogP contribution is -2.05. The van der Waals surface area contributed by atoms with Crippen LogP contribution >= 0.6 is 0 Å². The van der Waals surface area contributed by atoms with Gasteiger partial charge in [0.05, 0.1) is 20.8 Å². The summed E-state index contributed by atoms with van der Waals surface area (Å²) in [6.45, 7) is -0.654. The normalized spacial score (nSPS) is 10.2. The average molecular weight is 273 g/mol. The molecule has 0 heterocycles. The molecule has 0 fully saturated rings. The predicted octanol–water partition coefficient (Wildman–Crippen LogP) is 0.652. The van der Waals surface area contributed by atoms with E-state index in [0.29, 0.717) is 6.07 Å². The highest BCUT2D eigenvalue weighted by Gasteiger charge is 2.36. The van der Waals surface area contributed by atoms with E-state index < -0.39 is 56.2 Å². The van der Waals surface area contributed by atoms with Crippen LogP contribution in [-0.2, 0) is 6.42 Å². The van der Waals surface area contributed by atoms with Crippen molar-refractivity contribution < 1.29 is 25.0 Å². The van der Waals surface area contributed by atoms with Crippen molar-refractivity contribution in [2.75, 3.05) is 6.61 Å². The minimum atomic E-state index is -1.27. The number of phenols is 1. The Morgan fingerprint density at radius 2 is 1.53 bits per heavy atom. The number of nitro groups is 3. The molecule has 11 nitrogen and oxygen atoms in total. The molecular formula is C8H7N3O8. The van der Waals surface area contributed by atoms with E-state index in [1.165, 1.54) is 0 Å². The van der Waals surface area contributed by atoms with E-state index in [4.69, 9.17) is 5.11 Å². The van der Waals surface area contributed by atoms with Gasteiger partial charge in [0, 0.05) is 13.0 Å². The molecule has 0 amide bonds. The zero-order valence-electron chi connectivity index (χ0n) is 9.18. The molecule has 0 atom stereocenters. The molecule has 1 rings (SSSR count). The van der Waals surface area contributed by atoms with Gasteiger partial charge >= 0.3 is 11.4 Å². The molecule has 102 valence electrons. The van der Waals surface area contributed by atoms with Gasteiger partial charge in [0.2, 0.25) is 0 Å². The van der Waals surface area contributed by atoms with Crippen molar-refractivity contribution in [2.24, 2.45) is 0 Å². The SMILES string of the molecule is O=[N+]([O-])c1cc([N+](=O)[O-])c(CCO)c([N+](=O)[O-])c1O. The number of aliphatic hydroxyl groups excluding tert-OH is 1. The van der Waals surface area contributed by atoms with Gasteiger partial charge in [0.15, 0.2) is 0 Å². The molecule has 1 aromatic carbocycles. The lowest BCUT2D eigenvalue weighted by Gasteiger charge is -2.05. The highest BCUT2D eigenvalue weighted by molar-refractivity contribution is 5.70. The number of hydrogen-bond acceptors (Lipinski definition) is 8. The molecule has 2 N–H and O–H groups in total. The fourth-order valence-corrected chi connectivity index (χ4v) is 1.53. The number of phenolic OH excluding ortho intramolecular Hbond substituents is 1. The summed E-state index contributed by atoms with van der Waals surface area (Å²) in [6, 6.07) is 0.424. The topological polar surface area (TPSA) is 170 Å². The van der Waals surface area contributed by atoms with Crippen LogP contribution < -0.4 is 0 Å². The molecule has 0 aliphatic rings. The van der Waals surface area contributed by atoms with Crippen molar-refractivity contribution in [3.05, 3.63) is 42.0 Å². The van der Waals surface area contributed by atoms with Crippen molar-refractivity contribution in [3.8, 4) is 5.75 Å². The standard InChI is InChI=1S/C8H7N3O8/c12-2-1-4-5(9(14)15)3-6(10(16)17)8(13)7(4)11(18)19/h3,12-13H,1-2H2. The Morgan fingerprint density at radius 3 is 1.89 bits per heavy atom. The lowest BCUT2D eigenvalue weighted by atomic mass is 10.1. The van der Waals surface area contributed by atoms with E-state index in [0.717, 1.165) is 0 Å². The van der Waals surface area contributed by atoms with Crippen LogP contribution in [0.5, 0.6) is 5.75 Å². The van der Waals surface area contributed by atoms with Gasteiger partial charge in [-0.05, 0) is 0 Å². The number of benzene rings is 1. The second kappa shape index (κ2) is 5.22. The first-order valence-electron chi connectivity index (χ1n) is 4.74. The first-order valence-corrected chi connectivity index (χ1v) is 4.74. The first kappa shape index (κ1) is 14.2. The van der Waals surface area contributed by atoms with E-state index in [1.54, 1.807) is 0 Å². The fourth-order valence-electron chi connectivity index (χ4n) is 1.53. The van der Waals surface area contributed by atoms with Crippen molar-refractivity contribution in [1.82, 2.24) is 0 Å². The Balaban J connectivity index is 3.77. The summed E-state index contributed by atoms with van der Waals surface area (Å²) < 4.78 is 0. The van der Waals surface area contributed by atoms with Gasteiger partial charge in [-0.15, -0.1) is 0 Å². The number of rotatable bonds is 5. The number of aromatic hydroxyl groups is 1. The maximum Gasteiger partial charge on any atom is 0.328 e. The van der Waals surface area contributed by atoms with Crippen molar-refractivity contribution in [3.63, 3.8) is 0 Å². The van der Waals surface area contributed by atoms with Crippen LogP contribution in [0.3, 0.4) is 0 Å². The van der Waals surface area contributed by atoms with E-state index in [2.05, 4.69) is 0 Å². The van der Waals surface area contributed by atoms with Crippen molar-refractivity contribution in [1.29, 1.82) is 0 Å². The van der Waals surface area contributed by atoms with Gasteiger partial charge in [-0.25, -0.2) is 0 Å². The smallest absolute Gasteiger partial charge is 0.328 e. The van der Waals surface area contributed by atoms with Crippen LogP contribution in [-0.4, -0.2) is 31.6 Å². The zero-order valence-corrected chi connectivity index (χ0v) is 9.18. The fraction of sp³-hybridized carbons (Fsp3) is 0.250. The Morgan fingerprint density at radius 1 is 1.00 bits per heavy atom. The number of nitrogens with zero attached hydrogens (tertiary/aromatic N) is 3. The predicted molar refractivity (Wildman–Crippen MR) is 58.9 cm³/mol. The minimum Gasteiger partial charge on any atom is -0.497 e. The summed E-state index contributed by atoms with van der Waals surface area (Å²) in [5.41, 5.74) is -3.75. The number of aliphatic hydroxyl groups is 1. The molecular weight excluding hydrogens is 266 g/mol. The molecule has 0 radical (unpaired) electrons. The quantitative estimate of drug-likeness (QED) is 0.581. The average Bonchev–Trinajstić information content (AvgIpc) is 2.27. The third-order valence-corrected chi connectivity index (χ3v) is 2.27. The van der Waals surface area contributed by atoms with Crippen molar-refractivity contribution in [2.45, 2.75) is 6.42 Å². The minimum absolute atomic E-state index is 0.424.